The zero-order chi connectivity index (χ0) is 11.6. The van der Waals surface area contributed by atoms with Crippen LogP contribution in [0.3, 0.4) is 0 Å². The topological polar surface area (TPSA) is 74.6 Å². The molecule has 84 valence electrons. The van der Waals surface area contributed by atoms with E-state index in [0.29, 0.717) is 12.8 Å². The van der Waals surface area contributed by atoms with Gasteiger partial charge in [-0.1, -0.05) is 11.1 Å². The van der Waals surface area contributed by atoms with Gasteiger partial charge >= 0.3 is 11.9 Å². The minimum atomic E-state index is -1.02. The maximum absolute atomic E-state index is 11.1. The fourth-order valence-electron chi connectivity index (χ4n) is 2.23. The van der Waals surface area contributed by atoms with Crippen LogP contribution in [0.25, 0.3) is 0 Å². The molecule has 0 aromatic rings. The summed E-state index contributed by atoms with van der Waals surface area (Å²) in [6, 6.07) is 0. The Labute approximate surface area is 88.6 Å². The Kier molecular flexibility index (Phi) is 3.50. The molecule has 1 fully saturated rings. The molecule has 1 rings (SSSR count). The van der Waals surface area contributed by atoms with Gasteiger partial charge < -0.3 is 10.2 Å². The third-order valence-corrected chi connectivity index (χ3v) is 2.96. The van der Waals surface area contributed by atoms with Crippen LogP contribution in [0.4, 0.5) is 0 Å². The number of hydrogen-bond donors (Lipinski definition) is 2. The first-order chi connectivity index (χ1) is 6.95. The van der Waals surface area contributed by atoms with Gasteiger partial charge in [0.05, 0.1) is 11.8 Å². The van der Waals surface area contributed by atoms with Gasteiger partial charge in [0.15, 0.2) is 0 Å². The average Bonchev–Trinajstić information content (AvgIpc) is 2.16. The van der Waals surface area contributed by atoms with E-state index >= 15 is 0 Å². The number of carboxylic acid groups (broad SMARTS) is 2. The van der Waals surface area contributed by atoms with E-state index in [1.807, 2.05) is 13.8 Å². The molecule has 2 N–H and O–H groups in total. The Morgan fingerprint density at radius 2 is 1.80 bits per heavy atom. The van der Waals surface area contributed by atoms with Gasteiger partial charge in [0.2, 0.25) is 0 Å². The second-order valence-electron chi connectivity index (χ2n) is 4.18. The molecule has 1 saturated carbocycles. The van der Waals surface area contributed by atoms with Crippen molar-refractivity contribution in [1.82, 2.24) is 0 Å². The highest BCUT2D eigenvalue weighted by atomic mass is 16.4. The molecule has 4 nitrogen and oxygen atoms in total. The van der Waals surface area contributed by atoms with Crippen LogP contribution in [0.1, 0.15) is 33.1 Å². The molecule has 0 bridgehead atoms. The third-order valence-electron chi connectivity index (χ3n) is 2.96. The summed E-state index contributed by atoms with van der Waals surface area (Å²) in [5.41, 5.74) is 1.73. The van der Waals surface area contributed by atoms with Gasteiger partial charge in [0.1, 0.15) is 0 Å². The monoisotopic (exact) mass is 212 g/mol. The van der Waals surface area contributed by atoms with Crippen LogP contribution in [-0.2, 0) is 9.59 Å². The summed E-state index contributed by atoms with van der Waals surface area (Å²) < 4.78 is 0. The van der Waals surface area contributed by atoms with E-state index < -0.39 is 23.8 Å². The van der Waals surface area contributed by atoms with Gasteiger partial charge in [0, 0.05) is 0 Å². The molecule has 0 heterocycles. The Morgan fingerprint density at radius 3 is 2.20 bits per heavy atom. The van der Waals surface area contributed by atoms with E-state index in [-0.39, 0.29) is 0 Å². The first-order valence-electron chi connectivity index (χ1n) is 5.07. The molecule has 2 atom stereocenters. The van der Waals surface area contributed by atoms with Crippen LogP contribution in [0.2, 0.25) is 0 Å². The van der Waals surface area contributed by atoms with Crippen molar-refractivity contribution in [1.29, 1.82) is 0 Å². The van der Waals surface area contributed by atoms with E-state index in [1.54, 1.807) is 0 Å². The molecule has 0 saturated heterocycles. The maximum atomic E-state index is 11.1. The summed E-state index contributed by atoms with van der Waals surface area (Å²) >= 11 is 0. The molecular weight excluding hydrogens is 196 g/mol. The van der Waals surface area contributed by atoms with Gasteiger partial charge in [-0.25, -0.2) is 0 Å². The van der Waals surface area contributed by atoms with Crippen LogP contribution < -0.4 is 0 Å². The van der Waals surface area contributed by atoms with E-state index in [1.165, 1.54) is 0 Å². The molecule has 4 heteroatoms. The highest BCUT2D eigenvalue weighted by Gasteiger charge is 2.39. The van der Waals surface area contributed by atoms with Crippen LogP contribution in [0.5, 0.6) is 0 Å². The summed E-state index contributed by atoms with van der Waals surface area (Å²) in [5, 5.41) is 18.1. The van der Waals surface area contributed by atoms with Gasteiger partial charge in [0.25, 0.3) is 0 Å². The molecule has 0 aromatic heterocycles. The molecule has 0 aliphatic heterocycles. The predicted octanol–water partition coefficient (Wildman–Crippen LogP) is 1.91. The lowest BCUT2D eigenvalue weighted by Crippen LogP contribution is -2.34. The van der Waals surface area contributed by atoms with E-state index in [4.69, 9.17) is 10.2 Å². The summed E-state index contributed by atoms with van der Waals surface area (Å²) in [6.07, 6.45) is 1.94. The lowest BCUT2D eigenvalue weighted by molar-refractivity contribution is -0.153. The number of rotatable bonds is 2. The summed E-state index contributed by atoms with van der Waals surface area (Å²) in [5.74, 6) is -3.61. The predicted molar refractivity (Wildman–Crippen MR) is 54.5 cm³/mol. The molecule has 0 radical (unpaired) electrons. The van der Waals surface area contributed by atoms with Crippen LogP contribution in [-0.4, -0.2) is 22.2 Å². The summed E-state index contributed by atoms with van der Waals surface area (Å²) in [7, 11) is 0. The Bertz CT molecular complexity index is 313. The van der Waals surface area contributed by atoms with Gasteiger partial charge in [-0.15, -0.1) is 0 Å². The van der Waals surface area contributed by atoms with Crippen LogP contribution >= 0.6 is 0 Å². The van der Waals surface area contributed by atoms with E-state index in [2.05, 4.69) is 0 Å². The second kappa shape index (κ2) is 4.47. The first-order valence-corrected chi connectivity index (χ1v) is 5.07. The second-order valence-corrected chi connectivity index (χ2v) is 4.18. The first kappa shape index (κ1) is 11.8. The van der Waals surface area contributed by atoms with E-state index in [9.17, 15) is 9.59 Å². The lowest BCUT2D eigenvalue weighted by atomic mass is 9.74. The highest BCUT2D eigenvalue weighted by Crippen LogP contribution is 2.36. The number of aliphatic carboxylic acids is 2. The smallest absolute Gasteiger partial charge is 0.311 e. The molecule has 15 heavy (non-hydrogen) atoms. The van der Waals surface area contributed by atoms with Crippen LogP contribution in [0.15, 0.2) is 11.1 Å². The quantitative estimate of drug-likeness (QED) is 0.685. The Balaban J connectivity index is 3.07. The molecule has 1 aliphatic rings. The fourth-order valence-corrected chi connectivity index (χ4v) is 2.23. The van der Waals surface area contributed by atoms with E-state index in [0.717, 1.165) is 17.6 Å². The molecule has 1 aliphatic carbocycles. The minimum absolute atomic E-state index is 0.461. The average molecular weight is 212 g/mol. The largest absolute Gasteiger partial charge is 0.481 e. The minimum Gasteiger partial charge on any atom is -0.481 e. The highest BCUT2D eigenvalue weighted by molar-refractivity contribution is 5.83. The number of carbonyl (C=O) groups is 2. The molecule has 0 aromatic carbocycles. The summed E-state index contributed by atoms with van der Waals surface area (Å²) in [4.78, 5) is 22.0. The fraction of sp³-hybridized carbons (Fsp3) is 0.636. The number of hydrogen-bond acceptors (Lipinski definition) is 2. The van der Waals surface area contributed by atoms with Crippen molar-refractivity contribution in [2.75, 3.05) is 0 Å². The Hall–Kier alpha value is -1.32. The van der Waals surface area contributed by atoms with Crippen molar-refractivity contribution in [2.45, 2.75) is 33.1 Å². The van der Waals surface area contributed by atoms with Crippen molar-refractivity contribution in [3.05, 3.63) is 11.1 Å². The standard InChI is InChI=1S/C11H16O4/c1-6(2)7-4-3-5-8(10(12)13)9(7)11(14)15/h8-9H,3-5H2,1-2H3,(H,12,13)(H,14,15). The van der Waals surface area contributed by atoms with Gasteiger partial charge in [-0.05, 0) is 33.1 Å². The number of carboxylic acids is 2. The molecular formula is C11H16O4. The van der Waals surface area contributed by atoms with Crippen LogP contribution in [0, 0.1) is 11.8 Å². The zero-order valence-corrected chi connectivity index (χ0v) is 8.99. The number of allylic oxidation sites excluding steroid dienone is 1. The van der Waals surface area contributed by atoms with Crippen molar-refractivity contribution < 1.29 is 19.8 Å². The SMILES string of the molecule is CC(C)=C1CCCC(C(=O)O)C1C(=O)O. The molecule has 0 spiro atoms. The van der Waals surface area contributed by atoms with Gasteiger partial charge in [-0.2, -0.15) is 0 Å². The maximum Gasteiger partial charge on any atom is 0.311 e. The summed E-state index contributed by atoms with van der Waals surface area (Å²) in [6.45, 7) is 3.69. The van der Waals surface area contributed by atoms with Crippen molar-refractivity contribution >= 4 is 11.9 Å². The zero-order valence-electron chi connectivity index (χ0n) is 8.99. The van der Waals surface area contributed by atoms with Crippen molar-refractivity contribution in [2.24, 2.45) is 11.8 Å². The molecule has 2 unspecified atom stereocenters. The third kappa shape index (κ3) is 2.37. The normalized spacial score (nSPS) is 26.1. The lowest BCUT2D eigenvalue weighted by Gasteiger charge is -2.29. The van der Waals surface area contributed by atoms with Crippen molar-refractivity contribution in [3.8, 4) is 0 Å². The van der Waals surface area contributed by atoms with Crippen molar-refractivity contribution in [3.63, 3.8) is 0 Å². The Morgan fingerprint density at radius 1 is 1.20 bits per heavy atom. The van der Waals surface area contributed by atoms with Gasteiger partial charge in [-0.3, -0.25) is 9.59 Å². The molecule has 0 amide bonds.